The van der Waals surface area contributed by atoms with Crippen LogP contribution in [-0.4, -0.2) is 13.1 Å². The summed E-state index contributed by atoms with van der Waals surface area (Å²) < 4.78 is 4.95. The number of anilines is 1. The van der Waals surface area contributed by atoms with Gasteiger partial charge in [0.25, 0.3) is 0 Å². The lowest BCUT2D eigenvalue weighted by atomic mass is 9.99. The molecule has 0 spiro atoms. The van der Waals surface area contributed by atoms with Gasteiger partial charge in [-0.2, -0.15) is 0 Å². The van der Waals surface area contributed by atoms with Gasteiger partial charge in [0.05, 0.1) is 7.11 Å². The Morgan fingerprint density at radius 3 is 2.38 bits per heavy atom. The Kier molecular flexibility index (Phi) is 4.63. The predicted molar refractivity (Wildman–Crippen MR) is 85.5 cm³/mol. The van der Waals surface area contributed by atoms with Crippen molar-refractivity contribution in [3.05, 3.63) is 64.7 Å². The number of hydrogen-bond acceptors (Lipinski definition) is 3. The standard InChI is InChI=1S/C18H21NO2/c1-12-6-5-7-15(11-12)19-17(18(20)21-4)16-9-8-13(2)10-14(16)3/h5-11,17,19H,1-4H3. The highest BCUT2D eigenvalue weighted by molar-refractivity contribution is 5.81. The van der Waals surface area contributed by atoms with Gasteiger partial charge in [0.1, 0.15) is 0 Å². The molecule has 0 amide bonds. The van der Waals surface area contributed by atoms with Crippen LogP contribution in [0.3, 0.4) is 0 Å². The van der Waals surface area contributed by atoms with Crippen molar-refractivity contribution in [1.82, 2.24) is 0 Å². The molecular formula is C18H21NO2. The highest BCUT2D eigenvalue weighted by atomic mass is 16.5. The van der Waals surface area contributed by atoms with Gasteiger partial charge in [0, 0.05) is 5.69 Å². The van der Waals surface area contributed by atoms with E-state index in [1.807, 2.05) is 57.2 Å². The molecule has 0 aliphatic heterocycles. The molecule has 2 rings (SSSR count). The summed E-state index contributed by atoms with van der Waals surface area (Å²) in [6.45, 7) is 6.07. The minimum absolute atomic E-state index is 0.288. The van der Waals surface area contributed by atoms with Crippen LogP contribution in [0.2, 0.25) is 0 Å². The van der Waals surface area contributed by atoms with Gasteiger partial charge in [-0.25, -0.2) is 4.79 Å². The molecule has 0 radical (unpaired) electrons. The van der Waals surface area contributed by atoms with Crippen LogP contribution >= 0.6 is 0 Å². The highest BCUT2D eigenvalue weighted by Crippen LogP contribution is 2.25. The third-order valence-corrected chi connectivity index (χ3v) is 3.50. The minimum atomic E-state index is -0.502. The average molecular weight is 283 g/mol. The van der Waals surface area contributed by atoms with Crippen LogP contribution in [0.15, 0.2) is 42.5 Å². The Bertz CT molecular complexity index is 649. The van der Waals surface area contributed by atoms with Gasteiger partial charge in [0.2, 0.25) is 0 Å². The fourth-order valence-electron chi connectivity index (χ4n) is 2.43. The van der Waals surface area contributed by atoms with Gasteiger partial charge in [-0.1, -0.05) is 35.9 Å². The van der Waals surface area contributed by atoms with Crippen molar-refractivity contribution in [1.29, 1.82) is 0 Å². The first-order valence-corrected chi connectivity index (χ1v) is 6.99. The molecule has 0 saturated heterocycles. The van der Waals surface area contributed by atoms with Gasteiger partial charge < -0.3 is 10.1 Å². The minimum Gasteiger partial charge on any atom is -0.467 e. The molecule has 0 aromatic heterocycles. The van der Waals surface area contributed by atoms with Crippen LogP contribution in [0.5, 0.6) is 0 Å². The normalized spacial score (nSPS) is 11.8. The van der Waals surface area contributed by atoms with Gasteiger partial charge in [-0.3, -0.25) is 0 Å². The molecule has 1 unspecified atom stereocenters. The molecule has 3 heteroatoms. The molecular weight excluding hydrogens is 262 g/mol. The van der Waals surface area contributed by atoms with Gasteiger partial charge in [0.15, 0.2) is 6.04 Å². The second kappa shape index (κ2) is 6.44. The number of hydrogen-bond donors (Lipinski definition) is 1. The molecule has 21 heavy (non-hydrogen) atoms. The SMILES string of the molecule is COC(=O)C(Nc1cccc(C)c1)c1ccc(C)cc1C. The number of esters is 1. The van der Waals surface area contributed by atoms with Crippen molar-refractivity contribution in [3.8, 4) is 0 Å². The number of carbonyl (C=O) groups is 1. The lowest BCUT2D eigenvalue weighted by Gasteiger charge is -2.20. The molecule has 0 heterocycles. The van der Waals surface area contributed by atoms with E-state index in [4.69, 9.17) is 4.74 Å². The second-order valence-electron chi connectivity index (χ2n) is 5.33. The quantitative estimate of drug-likeness (QED) is 0.864. The average Bonchev–Trinajstić information content (AvgIpc) is 2.45. The number of methoxy groups -OCH3 is 1. The summed E-state index contributed by atoms with van der Waals surface area (Å²) in [5.41, 5.74) is 5.24. The van der Waals surface area contributed by atoms with Crippen molar-refractivity contribution in [2.24, 2.45) is 0 Å². The number of carbonyl (C=O) groups excluding carboxylic acids is 1. The third-order valence-electron chi connectivity index (χ3n) is 3.50. The van der Waals surface area contributed by atoms with Crippen molar-refractivity contribution in [2.45, 2.75) is 26.8 Å². The topological polar surface area (TPSA) is 38.3 Å². The van der Waals surface area contributed by atoms with E-state index in [0.29, 0.717) is 0 Å². The molecule has 3 nitrogen and oxygen atoms in total. The molecule has 0 aliphatic carbocycles. The van der Waals surface area contributed by atoms with Crippen molar-refractivity contribution < 1.29 is 9.53 Å². The summed E-state index contributed by atoms with van der Waals surface area (Å²) in [5.74, 6) is -0.288. The summed E-state index contributed by atoms with van der Waals surface area (Å²) in [5, 5.41) is 3.27. The summed E-state index contributed by atoms with van der Waals surface area (Å²) in [6.07, 6.45) is 0. The lowest BCUT2D eigenvalue weighted by molar-refractivity contribution is -0.141. The van der Waals surface area contributed by atoms with E-state index in [-0.39, 0.29) is 5.97 Å². The Morgan fingerprint density at radius 2 is 1.76 bits per heavy atom. The van der Waals surface area contributed by atoms with E-state index >= 15 is 0 Å². The van der Waals surface area contributed by atoms with Crippen LogP contribution in [0.4, 0.5) is 5.69 Å². The van der Waals surface area contributed by atoms with E-state index < -0.39 is 6.04 Å². The molecule has 0 aliphatic rings. The van der Waals surface area contributed by atoms with Crippen LogP contribution in [0.1, 0.15) is 28.3 Å². The zero-order chi connectivity index (χ0) is 15.4. The van der Waals surface area contributed by atoms with Gasteiger partial charge >= 0.3 is 5.97 Å². The van der Waals surface area contributed by atoms with Crippen molar-refractivity contribution in [3.63, 3.8) is 0 Å². The molecule has 2 aromatic carbocycles. The van der Waals surface area contributed by atoms with Crippen LogP contribution in [-0.2, 0) is 9.53 Å². The van der Waals surface area contributed by atoms with E-state index in [9.17, 15) is 4.79 Å². The van der Waals surface area contributed by atoms with Crippen LogP contribution in [0, 0.1) is 20.8 Å². The first kappa shape index (κ1) is 15.1. The van der Waals surface area contributed by atoms with Crippen molar-refractivity contribution >= 4 is 11.7 Å². The molecule has 110 valence electrons. The molecule has 0 bridgehead atoms. The maximum Gasteiger partial charge on any atom is 0.332 e. The Hall–Kier alpha value is -2.29. The number of benzene rings is 2. The fourth-order valence-corrected chi connectivity index (χ4v) is 2.43. The Balaban J connectivity index is 2.37. The predicted octanol–water partition coefficient (Wildman–Crippen LogP) is 3.94. The number of aryl methyl sites for hydroxylation is 3. The van der Waals surface area contributed by atoms with E-state index in [1.165, 1.54) is 12.7 Å². The molecule has 2 aromatic rings. The van der Waals surface area contributed by atoms with Crippen LogP contribution < -0.4 is 5.32 Å². The van der Waals surface area contributed by atoms with Gasteiger partial charge in [-0.15, -0.1) is 0 Å². The van der Waals surface area contributed by atoms with E-state index in [0.717, 1.165) is 22.4 Å². The first-order valence-electron chi connectivity index (χ1n) is 6.99. The van der Waals surface area contributed by atoms with Crippen LogP contribution in [0.25, 0.3) is 0 Å². The monoisotopic (exact) mass is 283 g/mol. The fraction of sp³-hybridized carbons (Fsp3) is 0.278. The summed E-state index contributed by atoms with van der Waals surface area (Å²) in [7, 11) is 1.41. The lowest BCUT2D eigenvalue weighted by Crippen LogP contribution is -2.23. The molecule has 1 atom stereocenters. The smallest absolute Gasteiger partial charge is 0.332 e. The second-order valence-corrected chi connectivity index (χ2v) is 5.33. The number of rotatable bonds is 4. The summed E-state index contributed by atoms with van der Waals surface area (Å²) in [4.78, 5) is 12.2. The highest BCUT2D eigenvalue weighted by Gasteiger charge is 2.23. The van der Waals surface area contributed by atoms with Gasteiger partial charge in [-0.05, 0) is 49.6 Å². The zero-order valence-electron chi connectivity index (χ0n) is 12.9. The Labute approximate surface area is 126 Å². The largest absolute Gasteiger partial charge is 0.467 e. The number of ether oxygens (including phenoxy) is 1. The third kappa shape index (κ3) is 3.63. The maximum atomic E-state index is 12.2. The maximum absolute atomic E-state index is 12.2. The summed E-state index contributed by atoms with van der Waals surface area (Å²) in [6, 6.07) is 13.5. The van der Waals surface area contributed by atoms with Crippen molar-refractivity contribution in [2.75, 3.05) is 12.4 Å². The zero-order valence-corrected chi connectivity index (χ0v) is 12.9. The summed E-state index contributed by atoms with van der Waals surface area (Å²) >= 11 is 0. The Morgan fingerprint density at radius 1 is 1.05 bits per heavy atom. The molecule has 0 saturated carbocycles. The van der Waals surface area contributed by atoms with E-state index in [2.05, 4.69) is 11.4 Å². The van der Waals surface area contributed by atoms with E-state index in [1.54, 1.807) is 0 Å². The first-order chi connectivity index (χ1) is 10.0. The molecule has 0 fully saturated rings. The number of nitrogens with one attached hydrogen (secondary N) is 1. The molecule has 1 N–H and O–H groups in total.